The molecule has 0 nitrogen and oxygen atoms in total. The molecule has 0 bridgehead atoms. The van der Waals surface area contributed by atoms with Gasteiger partial charge in [-0.3, -0.25) is 0 Å². The lowest BCUT2D eigenvalue weighted by molar-refractivity contribution is 0.188. The fraction of sp³-hybridized carbons (Fsp3) is 0.625. The molecule has 1 saturated carbocycles. The summed E-state index contributed by atoms with van der Waals surface area (Å²) in [6.45, 7) is 9.55. The first-order valence-corrected chi connectivity index (χ1v) is 6.97. The first-order chi connectivity index (χ1) is 7.83. The van der Waals surface area contributed by atoms with Crippen molar-refractivity contribution in [1.29, 1.82) is 0 Å². The molecule has 0 radical (unpaired) electrons. The van der Waals surface area contributed by atoms with E-state index in [0.717, 1.165) is 17.9 Å². The van der Waals surface area contributed by atoms with Gasteiger partial charge in [-0.05, 0) is 48.2 Å². The number of rotatable bonds is 1. The Bertz CT molecular complexity index is 405. The van der Waals surface area contributed by atoms with E-state index >= 15 is 0 Å². The van der Waals surface area contributed by atoms with E-state index < -0.39 is 0 Å². The van der Waals surface area contributed by atoms with Gasteiger partial charge in [-0.15, -0.1) is 0 Å². The zero-order valence-corrected chi connectivity index (χ0v) is 12.2. The lowest BCUT2D eigenvalue weighted by atomic mass is 9.69. The van der Waals surface area contributed by atoms with Gasteiger partial charge in [-0.1, -0.05) is 57.0 Å². The van der Waals surface area contributed by atoms with Crippen LogP contribution < -0.4 is 0 Å². The number of hydrogen-bond donors (Lipinski definition) is 0. The van der Waals surface area contributed by atoms with Gasteiger partial charge < -0.3 is 0 Å². The molecule has 2 aliphatic rings. The van der Waals surface area contributed by atoms with E-state index in [1.807, 2.05) is 6.08 Å². The molecule has 17 heavy (non-hydrogen) atoms. The maximum atomic E-state index is 6.00. The SMILES string of the molecule is CC1(C)CC/C(=C/C2=CC=C(Cl)CC2)C1(C)C. The summed E-state index contributed by atoms with van der Waals surface area (Å²) in [7, 11) is 0. The Kier molecular flexibility index (Phi) is 3.29. The molecule has 2 rings (SSSR count). The fourth-order valence-electron chi connectivity index (χ4n) is 2.73. The molecule has 94 valence electrons. The van der Waals surface area contributed by atoms with Gasteiger partial charge in [0, 0.05) is 5.03 Å². The molecule has 0 saturated heterocycles. The average Bonchev–Trinajstić information content (AvgIpc) is 2.44. The van der Waals surface area contributed by atoms with E-state index in [1.165, 1.54) is 18.4 Å². The summed E-state index contributed by atoms with van der Waals surface area (Å²) in [6.07, 6.45) is 11.3. The summed E-state index contributed by atoms with van der Waals surface area (Å²) in [6, 6.07) is 0. The molecule has 0 aromatic rings. The van der Waals surface area contributed by atoms with Gasteiger partial charge in [0.1, 0.15) is 0 Å². The van der Waals surface area contributed by atoms with Crippen molar-refractivity contribution in [1.82, 2.24) is 0 Å². The monoisotopic (exact) mass is 250 g/mol. The van der Waals surface area contributed by atoms with Crippen LogP contribution in [-0.4, -0.2) is 0 Å². The molecule has 2 aliphatic carbocycles. The lowest BCUT2D eigenvalue weighted by Gasteiger charge is -2.36. The molecule has 0 aromatic carbocycles. The zero-order valence-electron chi connectivity index (χ0n) is 11.4. The van der Waals surface area contributed by atoms with Crippen LogP contribution in [0.5, 0.6) is 0 Å². The van der Waals surface area contributed by atoms with Crippen LogP contribution in [-0.2, 0) is 0 Å². The van der Waals surface area contributed by atoms with Gasteiger partial charge in [0.25, 0.3) is 0 Å². The Morgan fingerprint density at radius 1 is 1.06 bits per heavy atom. The van der Waals surface area contributed by atoms with E-state index in [4.69, 9.17) is 11.6 Å². The highest BCUT2D eigenvalue weighted by atomic mass is 35.5. The Morgan fingerprint density at radius 3 is 2.24 bits per heavy atom. The normalized spacial score (nSPS) is 29.1. The predicted molar refractivity (Wildman–Crippen MR) is 76.1 cm³/mol. The van der Waals surface area contributed by atoms with Crippen LogP contribution in [0.4, 0.5) is 0 Å². The average molecular weight is 251 g/mol. The Labute approximate surface area is 110 Å². The summed E-state index contributed by atoms with van der Waals surface area (Å²) < 4.78 is 0. The number of allylic oxidation sites excluding steroid dienone is 6. The van der Waals surface area contributed by atoms with Crippen LogP contribution in [0.1, 0.15) is 53.4 Å². The standard InChI is InChI=1S/C16H23Cl/c1-15(2)10-9-13(16(15,3)4)11-12-5-7-14(17)8-6-12/h5,7,11H,6,8-10H2,1-4H3/b13-11-. The van der Waals surface area contributed by atoms with Gasteiger partial charge in [0.15, 0.2) is 0 Å². The number of halogens is 1. The molecule has 0 aliphatic heterocycles. The lowest BCUT2D eigenvalue weighted by Crippen LogP contribution is -2.27. The summed E-state index contributed by atoms with van der Waals surface area (Å²) >= 11 is 6.00. The maximum absolute atomic E-state index is 6.00. The summed E-state index contributed by atoms with van der Waals surface area (Å²) in [5.74, 6) is 0. The van der Waals surface area contributed by atoms with Crippen molar-refractivity contribution in [2.75, 3.05) is 0 Å². The van der Waals surface area contributed by atoms with E-state index in [-0.39, 0.29) is 0 Å². The minimum atomic E-state index is 0.318. The fourth-order valence-corrected chi connectivity index (χ4v) is 2.89. The Morgan fingerprint density at radius 2 is 1.76 bits per heavy atom. The second-order valence-corrected chi connectivity index (χ2v) is 7.02. The maximum Gasteiger partial charge on any atom is 0.0184 e. The van der Waals surface area contributed by atoms with Crippen LogP contribution in [0.15, 0.2) is 34.4 Å². The molecule has 0 aromatic heterocycles. The Hall–Kier alpha value is -0.490. The van der Waals surface area contributed by atoms with Crippen LogP contribution in [0.2, 0.25) is 0 Å². The molecule has 0 spiro atoms. The van der Waals surface area contributed by atoms with Crippen LogP contribution >= 0.6 is 11.6 Å². The van der Waals surface area contributed by atoms with Crippen LogP contribution in [0, 0.1) is 10.8 Å². The molecule has 0 N–H and O–H groups in total. The van der Waals surface area contributed by atoms with Crippen molar-refractivity contribution in [2.24, 2.45) is 10.8 Å². The summed E-state index contributed by atoms with van der Waals surface area (Å²) in [4.78, 5) is 0. The van der Waals surface area contributed by atoms with Crippen molar-refractivity contribution < 1.29 is 0 Å². The second-order valence-electron chi connectivity index (χ2n) is 6.53. The van der Waals surface area contributed by atoms with E-state index in [1.54, 1.807) is 5.57 Å². The van der Waals surface area contributed by atoms with Crippen molar-refractivity contribution in [3.8, 4) is 0 Å². The second kappa shape index (κ2) is 4.31. The Balaban J connectivity index is 2.25. The van der Waals surface area contributed by atoms with Gasteiger partial charge in [-0.25, -0.2) is 0 Å². The third kappa shape index (κ3) is 2.38. The van der Waals surface area contributed by atoms with Crippen molar-refractivity contribution >= 4 is 11.6 Å². The minimum Gasteiger partial charge on any atom is -0.0891 e. The van der Waals surface area contributed by atoms with Crippen LogP contribution in [0.25, 0.3) is 0 Å². The molecular weight excluding hydrogens is 228 g/mol. The van der Waals surface area contributed by atoms with E-state index in [2.05, 4.69) is 39.8 Å². The smallest absolute Gasteiger partial charge is 0.0184 e. The first kappa shape index (κ1) is 13.0. The number of hydrogen-bond acceptors (Lipinski definition) is 0. The zero-order chi connectivity index (χ0) is 12.7. The largest absolute Gasteiger partial charge is 0.0891 e. The third-order valence-corrected chi connectivity index (χ3v) is 5.32. The third-order valence-electron chi connectivity index (χ3n) is 5.00. The van der Waals surface area contributed by atoms with Crippen molar-refractivity contribution in [3.63, 3.8) is 0 Å². The van der Waals surface area contributed by atoms with E-state index in [0.29, 0.717) is 10.8 Å². The quantitative estimate of drug-likeness (QED) is 0.568. The molecule has 0 heterocycles. The molecule has 0 amide bonds. The first-order valence-electron chi connectivity index (χ1n) is 6.59. The molecule has 0 atom stereocenters. The van der Waals surface area contributed by atoms with Gasteiger partial charge >= 0.3 is 0 Å². The van der Waals surface area contributed by atoms with Crippen molar-refractivity contribution in [2.45, 2.75) is 53.4 Å². The highest BCUT2D eigenvalue weighted by Crippen LogP contribution is 2.55. The van der Waals surface area contributed by atoms with Gasteiger partial charge in [-0.2, -0.15) is 0 Å². The minimum absolute atomic E-state index is 0.318. The molecule has 1 fully saturated rings. The topological polar surface area (TPSA) is 0 Å². The van der Waals surface area contributed by atoms with Crippen molar-refractivity contribution in [3.05, 3.63) is 34.4 Å². The summed E-state index contributed by atoms with van der Waals surface area (Å²) in [5.41, 5.74) is 3.79. The van der Waals surface area contributed by atoms with E-state index in [9.17, 15) is 0 Å². The molecule has 0 unspecified atom stereocenters. The highest BCUT2D eigenvalue weighted by Gasteiger charge is 2.44. The molecule has 1 heteroatoms. The summed E-state index contributed by atoms with van der Waals surface area (Å²) in [5, 5.41) is 0.984. The predicted octanol–water partition coefficient (Wildman–Crippen LogP) is 5.60. The molecular formula is C16H23Cl. The van der Waals surface area contributed by atoms with Gasteiger partial charge in [0.2, 0.25) is 0 Å². The highest BCUT2D eigenvalue weighted by molar-refractivity contribution is 6.29. The van der Waals surface area contributed by atoms with Crippen LogP contribution in [0.3, 0.4) is 0 Å². The van der Waals surface area contributed by atoms with Gasteiger partial charge in [0.05, 0.1) is 0 Å².